The van der Waals surface area contributed by atoms with Crippen molar-refractivity contribution in [2.75, 3.05) is 12.4 Å². The van der Waals surface area contributed by atoms with Gasteiger partial charge in [0, 0.05) is 36.8 Å². The van der Waals surface area contributed by atoms with Crippen LogP contribution < -0.4 is 20.7 Å². The summed E-state index contributed by atoms with van der Waals surface area (Å²) in [6.07, 6.45) is 0.536. The number of amides is 5. The summed E-state index contributed by atoms with van der Waals surface area (Å²) in [4.78, 5) is 50.5. The number of fused-ring (bicyclic) bond motifs is 1. The third kappa shape index (κ3) is 4.88. The van der Waals surface area contributed by atoms with Crippen molar-refractivity contribution in [1.29, 1.82) is 0 Å². The lowest BCUT2D eigenvalue weighted by Crippen LogP contribution is -2.52. The molecule has 0 aliphatic carbocycles. The molecule has 1 atom stereocenters. The molecule has 2 aromatic carbocycles. The van der Waals surface area contributed by atoms with Gasteiger partial charge in [-0.2, -0.15) is 0 Å². The lowest BCUT2D eigenvalue weighted by atomic mass is 10.0. The van der Waals surface area contributed by atoms with Crippen molar-refractivity contribution in [2.45, 2.75) is 51.7 Å². The predicted molar refractivity (Wildman–Crippen MR) is 125 cm³/mol. The molecular weight excluding hydrogens is 436 g/mol. The molecule has 0 aromatic heterocycles. The number of anilines is 1. The number of hydrogen-bond acceptors (Lipinski definition) is 5. The minimum absolute atomic E-state index is 0.215. The van der Waals surface area contributed by atoms with Gasteiger partial charge in [-0.3, -0.25) is 19.7 Å². The number of rotatable bonds is 6. The second-order valence-corrected chi connectivity index (χ2v) is 8.85. The van der Waals surface area contributed by atoms with Crippen LogP contribution in [0.25, 0.3) is 0 Å². The number of nitrogens with one attached hydrogen (secondary N) is 3. The molecule has 0 radical (unpaired) electrons. The summed E-state index contributed by atoms with van der Waals surface area (Å²) in [6.45, 7) is 4.68. The van der Waals surface area contributed by atoms with Crippen LogP contribution in [0.15, 0.2) is 36.4 Å². The monoisotopic (exact) mass is 464 g/mol. The second-order valence-electron chi connectivity index (χ2n) is 8.85. The molecule has 0 bridgehead atoms. The first-order chi connectivity index (χ1) is 16.2. The van der Waals surface area contributed by atoms with Gasteiger partial charge in [0.15, 0.2) is 0 Å². The fourth-order valence-electron chi connectivity index (χ4n) is 4.21. The zero-order chi connectivity index (χ0) is 24.4. The van der Waals surface area contributed by atoms with E-state index in [0.29, 0.717) is 30.0 Å². The Bertz CT molecular complexity index is 1160. The van der Waals surface area contributed by atoms with Crippen molar-refractivity contribution in [2.24, 2.45) is 0 Å². The van der Waals surface area contributed by atoms with Crippen LogP contribution >= 0.6 is 0 Å². The van der Waals surface area contributed by atoms with Crippen LogP contribution in [-0.4, -0.2) is 41.8 Å². The Morgan fingerprint density at radius 3 is 2.68 bits per heavy atom. The number of carbonyl (C=O) groups excluding carboxylic acids is 4. The molecule has 9 heteroatoms. The number of imide groups is 1. The molecule has 1 saturated heterocycles. The summed E-state index contributed by atoms with van der Waals surface area (Å²) >= 11 is 0. The molecular formula is C25H28N4O5. The molecule has 1 fully saturated rings. The van der Waals surface area contributed by atoms with Crippen LogP contribution in [-0.2, 0) is 22.7 Å². The first-order valence-corrected chi connectivity index (χ1v) is 11.3. The molecule has 3 N–H and O–H groups in total. The van der Waals surface area contributed by atoms with Crippen LogP contribution in [0.4, 0.5) is 10.5 Å². The normalized spacial score (nSPS) is 17.5. The highest BCUT2D eigenvalue weighted by molar-refractivity contribution is 6.05. The van der Waals surface area contributed by atoms with Crippen molar-refractivity contribution in [1.82, 2.24) is 15.5 Å². The van der Waals surface area contributed by atoms with Gasteiger partial charge in [-0.05, 0) is 47.2 Å². The average molecular weight is 465 g/mol. The Morgan fingerprint density at radius 2 is 1.97 bits per heavy atom. The first kappa shape index (κ1) is 23.3. The van der Waals surface area contributed by atoms with Crippen LogP contribution in [0, 0.1) is 0 Å². The van der Waals surface area contributed by atoms with E-state index in [1.807, 2.05) is 24.3 Å². The molecule has 34 heavy (non-hydrogen) atoms. The summed E-state index contributed by atoms with van der Waals surface area (Å²) in [5.74, 6) is -0.0458. The fourth-order valence-corrected chi connectivity index (χ4v) is 4.21. The first-order valence-electron chi connectivity index (χ1n) is 11.3. The van der Waals surface area contributed by atoms with Crippen LogP contribution in [0.2, 0.25) is 0 Å². The van der Waals surface area contributed by atoms with Gasteiger partial charge in [0.25, 0.3) is 5.91 Å². The van der Waals surface area contributed by atoms with Crippen molar-refractivity contribution in [3.8, 4) is 5.75 Å². The Kier molecular flexibility index (Phi) is 6.54. The summed E-state index contributed by atoms with van der Waals surface area (Å²) in [6, 6.07) is 10.0. The number of benzene rings is 2. The molecule has 2 heterocycles. The van der Waals surface area contributed by atoms with Crippen LogP contribution in [0.1, 0.15) is 59.7 Å². The molecule has 0 spiro atoms. The third-order valence-electron chi connectivity index (χ3n) is 6.13. The number of nitrogens with zero attached hydrogens (tertiary/aromatic N) is 1. The van der Waals surface area contributed by atoms with Gasteiger partial charge < -0.3 is 20.3 Å². The van der Waals surface area contributed by atoms with Gasteiger partial charge in [0.1, 0.15) is 11.8 Å². The highest BCUT2D eigenvalue weighted by Crippen LogP contribution is 2.28. The van der Waals surface area contributed by atoms with Gasteiger partial charge in [-0.1, -0.05) is 26.0 Å². The molecule has 1 unspecified atom stereocenters. The second kappa shape index (κ2) is 9.54. The standard InChI is InChI=1S/C25H28N4O5/c1-14(2)17-9-18(11-19(10-17)34-3)27-25(33)26-12-15-4-5-16-13-29(24(32)20(16)8-15)21-6-7-22(30)28-23(21)31/h4-5,8-11,14,21H,6-7,12-13H2,1-3H3,(H2,26,27,33)(H,28,30,31). The maximum Gasteiger partial charge on any atom is 0.319 e. The highest BCUT2D eigenvalue weighted by atomic mass is 16.5. The number of hydrogen-bond donors (Lipinski definition) is 3. The zero-order valence-electron chi connectivity index (χ0n) is 19.4. The number of piperidine rings is 1. The quantitative estimate of drug-likeness (QED) is 0.569. The number of ether oxygens (including phenoxy) is 1. The average Bonchev–Trinajstić information content (AvgIpc) is 3.13. The molecule has 2 aliphatic rings. The molecule has 4 rings (SSSR count). The van der Waals surface area contributed by atoms with E-state index < -0.39 is 11.9 Å². The maximum absolute atomic E-state index is 13.0. The van der Waals surface area contributed by atoms with E-state index in [1.165, 1.54) is 4.90 Å². The van der Waals surface area contributed by atoms with Gasteiger partial charge in [0.2, 0.25) is 11.8 Å². The summed E-state index contributed by atoms with van der Waals surface area (Å²) in [5.41, 5.74) is 3.78. The zero-order valence-corrected chi connectivity index (χ0v) is 19.4. The molecule has 2 aliphatic heterocycles. The summed E-state index contributed by atoms with van der Waals surface area (Å²) in [7, 11) is 1.58. The highest BCUT2D eigenvalue weighted by Gasteiger charge is 2.39. The van der Waals surface area contributed by atoms with Gasteiger partial charge in [0.05, 0.1) is 7.11 Å². The van der Waals surface area contributed by atoms with Crippen molar-refractivity contribution in [3.63, 3.8) is 0 Å². The van der Waals surface area contributed by atoms with Gasteiger partial charge in [-0.15, -0.1) is 0 Å². The molecule has 178 valence electrons. The Labute approximate surface area is 197 Å². The Hall–Kier alpha value is -3.88. The topological polar surface area (TPSA) is 117 Å². The van der Waals surface area contributed by atoms with E-state index in [-0.39, 0.29) is 36.7 Å². The minimum Gasteiger partial charge on any atom is -0.497 e. The largest absolute Gasteiger partial charge is 0.497 e. The smallest absolute Gasteiger partial charge is 0.319 e. The van der Waals surface area contributed by atoms with E-state index in [4.69, 9.17) is 4.74 Å². The lowest BCUT2D eigenvalue weighted by Gasteiger charge is -2.29. The fraction of sp³-hybridized carbons (Fsp3) is 0.360. The summed E-state index contributed by atoms with van der Waals surface area (Å²) < 4.78 is 5.32. The van der Waals surface area contributed by atoms with Gasteiger partial charge in [-0.25, -0.2) is 4.79 Å². The lowest BCUT2D eigenvalue weighted by molar-refractivity contribution is -0.136. The Morgan fingerprint density at radius 1 is 1.18 bits per heavy atom. The minimum atomic E-state index is -0.649. The number of methoxy groups -OCH3 is 1. The summed E-state index contributed by atoms with van der Waals surface area (Å²) in [5, 5.41) is 7.93. The molecule has 0 saturated carbocycles. The van der Waals surface area contributed by atoms with Crippen molar-refractivity contribution >= 4 is 29.4 Å². The number of carbonyl (C=O) groups is 4. The third-order valence-corrected chi connectivity index (χ3v) is 6.13. The number of urea groups is 1. The van der Waals surface area contributed by atoms with E-state index in [1.54, 1.807) is 19.2 Å². The predicted octanol–water partition coefficient (Wildman–Crippen LogP) is 2.90. The van der Waals surface area contributed by atoms with E-state index in [9.17, 15) is 19.2 Å². The van der Waals surface area contributed by atoms with E-state index >= 15 is 0 Å². The maximum atomic E-state index is 13.0. The van der Waals surface area contributed by atoms with Crippen LogP contribution in [0.5, 0.6) is 5.75 Å². The molecule has 9 nitrogen and oxygen atoms in total. The van der Waals surface area contributed by atoms with Crippen molar-refractivity contribution in [3.05, 3.63) is 58.7 Å². The van der Waals surface area contributed by atoms with Gasteiger partial charge >= 0.3 is 6.03 Å². The Balaban J connectivity index is 1.39. The van der Waals surface area contributed by atoms with Crippen molar-refractivity contribution < 1.29 is 23.9 Å². The van der Waals surface area contributed by atoms with Crippen LogP contribution in [0.3, 0.4) is 0 Å². The molecule has 5 amide bonds. The van der Waals surface area contributed by atoms with E-state index in [2.05, 4.69) is 29.8 Å². The SMILES string of the molecule is COc1cc(NC(=O)NCc2ccc3c(c2)C(=O)N(C2CCC(=O)NC2=O)C3)cc(C(C)C)c1. The molecule has 2 aromatic rings. The van der Waals surface area contributed by atoms with E-state index in [0.717, 1.165) is 16.7 Å².